The quantitative estimate of drug-likeness (QED) is 0.760. The van der Waals surface area contributed by atoms with Crippen LogP contribution in [0.5, 0.6) is 5.75 Å². The summed E-state index contributed by atoms with van der Waals surface area (Å²) in [7, 11) is 0. The van der Waals surface area contributed by atoms with E-state index in [4.69, 9.17) is 10.2 Å². The average molecular weight is 276 g/mol. The number of benzene rings is 1. The number of nitrogens with zero attached hydrogens (tertiary/aromatic N) is 2. The van der Waals surface area contributed by atoms with Gasteiger partial charge in [0.15, 0.2) is 0 Å². The second kappa shape index (κ2) is 5.43. The van der Waals surface area contributed by atoms with Gasteiger partial charge in [0.25, 0.3) is 0 Å². The fourth-order valence-corrected chi connectivity index (χ4v) is 1.91. The molecule has 104 valence electrons. The van der Waals surface area contributed by atoms with E-state index in [1.54, 1.807) is 18.2 Å². The number of imidazole rings is 1. The Balaban J connectivity index is 2.49. The van der Waals surface area contributed by atoms with Crippen molar-refractivity contribution in [1.82, 2.24) is 9.55 Å². The zero-order valence-corrected chi connectivity index (χ0v) is 10.3. The lowest BCUT2D eigenvalue weighted by Gasteiger charge is -2.15. The van der Waals surface area contributed by atoms with Gasteiger partial charge >= 0.3 is 11.9 Å². The Morgan fingerprint density at radius 2 is 1.95 bits per heavy atom. The summed E-state index contributed by atoms with van der Waals surface area (Å²) >= 11 is 0. The van der Waals surface area contributed by atoms with Crippen LogP contribution in [-0.4, -0.2) is 36.8 Å². The minimum absolute atomic E-state index is 0.0561. The summed E-state index contributed by atoms with van der Waals surface area (Å²) < 4.78 is 1.23. The third kappa shape index (κ3) is 2.61. The maximum absolute atomic E-state index is 11.2. The summed E-state index contributed by atoms with van der Waals surface area (Å²) in [5.41, 5.74) is 0.342. The van der Waals surface area contributed by atoms with Crippen LogP contribution < -0.4 is 0 Å². The van der Waals surface area contributed by atoms with Gasteiger partial charge in [-0.3, -0.25) is 4.79 Å². The minimum Gasteiger partial charge on any atom is -0.507 e. The highest BCUT2D eigenvalue weighted by atomic mass is 16.4. The number of para-hydroxylation sites is 1. The standard InChI is InChI=1S/C13H12N2O5/c16-10-4-2-1-3-8(10)12-14-5-6-15(12)9(13(19)20)7-11(17)18/h1-6,9,16H,7H2,(H,17,18)(H,19,20). The summed E-state index contributed by atoms with van der Waals surface area (Å²) in [4.78, 5) is 26.0. The number of aromatic nitrogens is 2. The van der Waals surface area contributed by atoms with Crippen molar-refractivity contribution in [3.8, 4) is 17.1 Å². The first-order chi connectivity index (χ1) is 9.50. The molecule has 0 bridgehead atoms. The smallest absolute Gasteiger partial charge is 0.327 e. The van der Waals surface area contributed by atoms with E-state index >= 15 is 0 Å². The Kier molecular flexibility index (Phi) is 3.69. The van der Waals surface area contributed by atoms with E-state index in [1.165, 1.54) is 23.0 Å². The Bertz CT molecular complexity index is 650. The summed E-state index contributed by atoms with van der Waals surface area (Å²) in [6.07, 6.45) is 2.16. The van der Waals surface area contributed by atoms with Gasteiger partial charge in [-0.25, -0.2) is 9.78 Å². The van der Waals surface area contributed by atoms with Gasteiger partial charge in [-0.05, 0) is 12.1 Å². The number of carbonyl (C=O) groups is 2. The zero-order valence-electron chi connectivity index (χ0n) is 10.3. The van der Waals surface area contributed by atoms with Gasteiger partial charge in [-0.2, -0.15) is 0 Å². The van der Waals surface area contributed by atoms with Crippen LogP contribution in [0.1, 0.15) is 12.5 Å². The molecule has 1 unspecified atom stereocenters. The molecule has 1 atom stereocenters. The molecule has 7 heteroatoms. The molecule has 0 spiro atoms. The largest absolute Gasteiger partial charge is 0.507 e. The Morgan fingerprint density at radius 1 is 1.25 bits per heavy atom. The van der Waals surface area contributed by atoms with Gasteiger partial charge in [-0.15, -0.1) is 0 Å². The number of hydrogen-bond acceptors (Lipinski definition) is 4. The van der Waals surface area contributed by atoms with Gasteiger partial charge in [-0.1, -0.05) is 12.1 Å². The van der Waals surface area contributed by atoms with E-state index in [0.717, 1.165) is 0 Å². The van der Waals surface area contributed by atoms with E-state index in [2.05, 4.69) is 4.98 Å². The lowest BCUT2D eigenvalue weighted by atomic mass is 10.1. The van der Waals surface area contributed by atoms with Crippen LogP contribution >= 0.6 is 0 Å². The van der Waals surface area contributed by atoms with Gasteiger partial charge in [0.1, 0.15) is 17.6 Å². The Hall–Kier alpha value is -2.83. The van der Waals surface area contributed by atoms with Crippen molar-refractivity contribution < 1.29 is 24.9 Å². The molecule has 1 heterocycles. The number of aromatic hydroxyl groups is 1. The maximum atomic E-state index is 11.2. The fraction of sp³-hybridized carbons (Fsp3) is 0.154. The number of rotatable bonds is 5. The molecule has 0 aliphatic rings. The summed E-state index contributed by atoms with van der Waals surface area (Å²) in [6, 6.07) is 5.03. The van der Waals surface area contributed by atoms with E-state index in [9.17, 15) is 14.7 Å². The van der Waals surface area contributed by atoms with Crippen molar-refractivity contribution in [2.75, 3.05) is 0 Å². The van der Waals surface area contributed by atoms with Crippen molar-refractivity contribution >= 4 is 11.9 Å². The number of carboxylic acid groups (broad SMARTS) is 2. The fourth-order valence-electron chi connectivity index (χ4n) is 1.91. The summed E-state index contributed by atoms with van der Waals surface area (Å²) in [6.45, 7) is 0. The summed E-state index contributed by atoms with van der Waals surface area (Å²) in [5, 5.41) is 27.8. The van der Waals surface area contributed by atoms with Gasteiger partial charge < -0.3 is 19.9 Å². The van der Waals surface area contributed by atoms with Crippen molar-refractivity contribution in [3.63, 3.8) is 0 Å². The molecule has 0 amide bonds. The highest BCUT2D eigenvalue weighted by molar-refractivity contribution is 5.80. The second-order valence-electron chi connectivity index (χ2n) is 4.13. The highest BCUT2D eigenvalue weighted by Gasteiger charge is 2.26. The molecule has 3 N–H and O–H groups in total. The average Bonchev–Trinajstić information content (AvgIpc) is 2.84. The van der Waals surface area contributed by atoms with Crippen LogP contribution in [0.3, 0.4) is 0 Å². The number of phenols is 1. The van der Waals surface area contributed by atoms with Crippen LogP contribution in [0.15, 0.2) is 36.7 Å². The van der Waals surface area contributed by atoms with Gasteiger partial charge in [0.2, 0.25) is 0 Å². The normalized spacial score (nSPS) is 12.0. The molecule has 1 aromatic heterocycles. The van der Waals surface area contributed by atoms with E-state index < -0.39 is 24.4 Å². The molecular weight excluding hydrogens is 264 g/mol. The van der Waals surface area contributed by atoms with Crippen LogP contribution in [0.25, 0.3) is 11.4 Å². The van der Waals surface area contributed by atoms with Crippen LogP contribution in [0.4, 0.5) is 0 Å². The monoisotopic (exact) mass is 276 g/mol. The highest BCUT2D eigenvalue weighted by Crippen LogP contribution is 2.29. The van der Waals surface area contributed by atoms with Crippen molar-refractivity contribution in [2.24, 2.45) is 0 Å². The Labute approximate surface area is 113 Å². The molecule has 0 fully saturated rings. The number of aliphatic carboxylic acids is 2. The number of hydrogen-bond donors (Lipinski definition) is 3. The summed E-state index contributed by atoms with van der Waals surface area (Å²) in [5.74, 6) is -2.35. The zero-order chi connectivity index (χ0) is 14.7. The van der Waals surface area contributed by atoms with Crippen LogP contribution in [0, 0.1) is 0 Å². The predicted molar refractivity (Wildman–Crippen MR) is 68.3 cm³/mol. The number of phenolic OH excluding ortho intramolecular Hbond substituents is 1. The third-order valence-electron chi connectivity index (χ3n) is 2.80. The molecule has 0 saturated carbocycles. The van der Waals surface area contributed by atoms with Crippen molar-refractivity contribution in [2.45, 2.75) is 12.5 Å². The van der Waals surface area contributed by atoms with Crippen LogP contribution in [0.2, 0.25) is 0 Å². The molecular formula is C13H12N2O5. The van der Waals surface area contributed by atoms with Gasteiger partial charge in [0.05, 0.1) is 12.0 Å². The van der Waals surface area contributed by atoms with E-state index in [1.807, 2.05) is 0 Å². The SMILES string of the molecule is O=C(O)CC(C(=O)O)n1ccnc1-c1ccccc1O. The lowest BCUT2D eigenvalue weighted by Crippen LogP contribution is -2.22. The lowest BCUT2D eigenvalue weighted by molar-refractivity contribution is -0.147. The third-order valence-corrected chi connectivity index (χ3v) is 2.80. The van der Waals surface area contributed by atoms with Crippen molar-refractivity contribution in [3.05, 3.63) is 36.7 Å². The van der Waals surface area contributed by atoms with Crippen LogP contribution in [-0.2, 0) is 9.59 Å². The van der Waals surface area contributed by atoms with Crippen molar-refractivity contribution in [1.29, 1.82) is 0 Å². The molecule has 20 heavy (non-hydrogen) atoms. The molecule has 7 nitrogen and oxygen atoms in total. The molecule has 2 aromatic rings. The van der Waals surface area contributed by atoms with E-state index in [-0.39, 0.29) is 11.6 Å². The molecule has 1 aromatic carbocycles. The topological polar surface area (TPSA) is 113 Å². The number of carboxylic acids is 2. The first-order valence-corrected chi connectivity index (χ1v) is 5.76. The molecule has 0 aliphatic heterocycles. The van der Waals surface area contributed by atoms with E-state index in [0.29, 0.717) is 5.56 Å². The second-order valence-corrected chi connectivity index (χ2v) is 4.13. The first-order valence-electron chi connectivity index (χ1n) is 5.76. The minimum atomic E-state index is -1.29. The molecule has 0 aliphatic carbocycles. The maximum Gasteiger partial charge on any atom is 0.327 e. The van der Waals surface area contributed by atoms with Gasteiger partial charge in [0, 0.05) is 12.4 Å². The first kappa shape index (κ1) is 13.6. The molecule has 2 rings (SSSR count). The predicted octanol–water partition coefficient (Wildman–Crippen LogP) is 1.36. The molecule has 0 radical (unpaired) electrons. The Morgan fingerprint density at radius 3 is 2.55 bits per heavy atom. The molecule has 0 saturated heterocycles.